The Morgan fingerprint density at radius 1 is 1.15 bits per heavy atom. The molecule has 0 radical (unpaired) electrons. The highest BCUT2D eigenvalue weighted by molar-refractivity contribution is 5.96. The molecule has 0 aliphatic carbocycles. The van der Waals surface area contributed by atoms with Gasteiger partial charge in [0.2, 0.25) is 0 Å². The normalized spacial score (nSPS) is 17.7. The van der Waals surface area contributed by atoms with Crippen molar-refractivity contribution >= 4 is 16.9 Å². The summed E-state index contributed by atoms with van der Waals surface area (Å²) < 4.78 is 24.3. The largest absolute Gasteiger partial charge is 0.422 e. The molecule has 138 valence electrons. The van der Waals surface area contributed by atoms with Gasteiger partial charge < -0.3 is 14.5 Å². The second-order valence-electron chi connectivity index (χ2n) is 6.54. The first-order valence-corrected chi connectivity index (χ1v) is 8.82. The zero-order valence-electron chi connectivity index (χ0n) is 14.5. The summed E-state index contributed by atoms with van der Waals surface area (Å²) in [5.74, 6) is -0.898. The second-order valence-corrected chi connectivity index (χ2v) is 6.54. The van der Waals surface area contributed by atoms with E-state index >= 15 is 0 Å². The lowest BCUT2D eigenvalue weighted by atomic mass is 9.98. The summed E-state index contributed by atoms with van der Waals surface area (Å²) in [6.07, 6.45) is 1.43. The zero-order valence-corrected chi connectivity index (χ0v) is 14.5. The second kappa shape index (κ2) is 7.32. The van der Waals surface area contributed by atoms with Crippen molar-refractivity contribution in [3.8, 4) is 0 Å². The van der Waals surface area contributed by atoms with Crippen molar-refractivity contribution in [2.24, 2.45) is 0 Å². The van der Waals surface area contributed by atoms with Crippen LogP contribution in [0.5, 0.6) is 0 Å². The average Bonchev–Trinajstić information content (AvgIpc) is 3.20. The predicted molar refractivity (Wildman–Crippen MR) is 98.1 cm³/mol. The van der Waals surface area contributed by atoms with Crippen molar-refractivity contribution < 1.29 is 18.3 Å². The molecule has 1 fully saturated rings. The van der Waals surface area contributed by atoms with Gasteiger partial charge in [-0.3, -0.25) is 4.79 Å². The molecule has 0 spiro atoms. The van der Waals surface area contributed by atoms with Crippen LogP contribution in [0.4, 0.5) is 4.39 Å². The van der Waals surface area contributed by atoms with E-state index in [4.69, 9.17) is 9.15 Å². The first-order chi connectivity index (χ1) is 13.1. The van der Waals surface area contributed by atoms with E-state index in [0.717, 1.165) is 18.4 Å². The topological polar surface area (TPSA) is 68.5 Å². The van der Waals surface area contributed by atoms with Crippen LogP contribution < -0.4 is 10.9 Å². The van der Waals surface area contributed by atoms with E-state index in [1.165, 1.54) is 18.2 Å². The number of ether oxygens (including phenoxy) is 1. The summed E-state index contributed by atoms with van der Waals surface area (Å²) in [6, 6.07) is 14.0. The van der Waals surface area contributed by atoms with Crippen LogP contribution in [0.2, 0.25) is 0 Å². The molecule has 1 aliphatic rings. The van der Waals surface area contributed by atoms with Crippen LogP contribution in [0.15, 0.2) is 63.8 Å². The Morgan fingerprint density at radius 3 is 2.67 bits per heavy atom. The number of nitrogens with one attached hydrogen (secondary N) is 1. The highest BCUT2D eigenvalue weighted by atomic mass is 19.1. The number of rotatable bonds is 4. The van der Waals surface area contributed by atoms with Crippen LogP contribution in [0.1, 0.15) is 34.8 Å². The summed E-state index contributed by atoms with van der Waals surface area (Å²) in [4.78, 5) is 25.1. The molecule has 0 unspecified atom stereocenters. The van der Waals surface area contributed by atoms with Crippen molar-refractivity contribution in [2.45, 2.75) is 25.0 Å². The summed E-state index contributed by atoms with van der Waals surface area (Å²) in [5.41, 5.74) is 0.380. The number of halogens is 1. The third-order valence-electron chi connectivity index (χ3n) is 4.74. The average molecular weight is 367 g/mol. The van der Waals surface area contributed by atoms with E-state index in [1.807, 2.05) is 0 Å². The fourth-order valence-electron chi connectivity index (χ4n) is 3.37. The Bertz CT molecular complexity index is 1020. The summed E-state index contributed by atoms with van der Waals surface area (Å²) in [7, 11) is 0. The maximum atomic E-state index is 13.3. The Morgan fingerprint density at radius 2 is 1.93 bits per heavy atom. The first-order valence-electron chi connectivity index (χ1n) is 8.82. The molecule has 2 heterocycles. The van der Waals surface area contributed by atoms with Gasteiger partial charge in [-0.05, 0) is 42.7 Å². The molecule has 0 saturated carbocycles. The number of hydrogen-bond donors (Lipinski definition) is 1. The zero-order chi connectivity index (χ0) is 18.8. The number of amides is 1. The minimum absolute atomic E-state index is 0.0705. The Labute approximate surface area is 154 Å². The van der Waals surface area contributed by atoms with E-state index < -0.39 is 17.6 Å². The molecule has 1 N–H and O–H groups in total. The molecule has 6 heteroatoms. The first kappa shape index (κ1) is 17.4. The van der Waals surface area contributed by atoms with Gasteiger partial charge in [0.25, 0.3) is 5.91 Å². The van der Waals surface area contributed by atoms with Gasteiger partial charge in [0.05, 0.1) is 12.1 Å². The lowest BCUT2D eigenvalue weighted by molar-refractivity contribution is 0.0670. The van der Waals surface area contributed by atoms with Gasteiger partial charge in [0, 0.05) is 12.0 Å². The van der Waals surface area contributed by atoms with Crippen molar-refractivity contribution in [3.05, 3.63) is 82.0 Å². The van der Waals surface area contributed by atoms with E-state index in [0.29, 0.717) is 17.6 Å². The standard InChI is InChI=1S/C21H18FNO4/c22-15-9-7-13(8-10-15)19(18-6-3-11-26-18)23-20(24)16-12-14-4-1-2-5-17(14)27-21(16)25/h1-2,4-5,7-10,12,18-19H,3,6,11H2,(H,23,24)/t18-,19+/m0/s1. The highest BCUT2D eigenvalue weighted by Crippen LogP contribution is 2.27. The van der Waals surface area contributed by atoms with Gasteiger partial charge in [-0.25, -0.2) is 9.18 Å². The number of hydrogen-bond acceptors (Lipinski definition) is 4. The van der Waals surface area contributed by atoms with Gasteiger partial charge in [-0.15, -0.1) is 0 Å². The number of benzene rings is 2. The molecule has 1 amide bonds. The Kier molecular flexibility index (Phi) is 4.73. The number of para-hydroxylation sites is 1. The van der Waals surface area contributed by atoms with Crippen LogP contribution in [0.3, 0.4) is 0 Å². The Balaban J connectivity index is 1.66. The van der Waals surface area contributed by atoms with E-state index in [2.05, 4.69) is 5.32 Å². The lowest BCUT2D eigenvalue weighted by Gasteiger charge is -2.24. The molecule has 27 heavy (non-hydrogen) atoms. The number of carbonyl (C=O) groups excluding carboxylic acids is 1. The van der Waals surface area contributed by atoms with Crippen molar-refractivity contribution in [1.82, 2.24) is 5.32 Å². The Hall–Kier alpha value is -2.99. The molecule has 5 nitrogen and oxygen atoms in total. The van der Waals surface area contributed by atoms with Gasteiger partial charge in [-0.2, -0.15) is 0 Å². The van der Waals surface area contributed by atoms with Crippen LogP contribution in [-0.2, 0) is 4.74 Å². The van der Waals surface area contributed by atoms with E-state index in [-0.39, 0.29) is 17.5 Å². The van der Waals surface area contributed by atoms with Crippen LogP contribution in [0.25, 0.3) is 11.0 Å². The quantitative estimate of drug-likeness (QED) is 0.716. The molecule has 0 bridgehead atoms. The summed E-state index contributed by atoms with van der Waals surface area (Å²) >= 11 is 0. The van der Waals surface area contributed by atoms with Gasteiger partial charge in [-0.1, -0.05) is 30.3 Å². The molecular formula is C21H18FNO4. The van der Waals surface area contributed by atoms with Crippen LogP contribution in [-0.4, -0.2) is 18.6 Å². The lowest BCUT2D eigenvalue weighted by Crippen LogP contribution is -2.38. The molecule has 1 aliphatic heterocycles. The van der Waals surface area contributed by atoms with Crippen LogP contribution >= 0.6 is 0 Å². The number of carbonyl (C=O) groups is 1. The van der Waals surface area contributed by atoms with Crippen LogP contribution in [0, 0.1) is 5.82 Å². The van der Waals surface area contributed by atoms with Crippen molar-refractivity contribution in [3.63, 3.8) is 0 Å². The smallest absolute Gasteiger partial charge is 0.349 e. The fraction of sp³-hybridized carbons (Fsp3) is 0.238. The minimum atomic E-state index is -0.698. The maximum Gasteiger partial charge on any atom is 0.349 e. The molecular weight excluding hydrogens is 349 g/mol. The monoisotopic (exact) mass is 367 g/mol. The maximum absolute atomic E-state index is 13.3. The van der Waals surface area contributed by atoms with E-state index in [9.17, 15) is 14.0 Å². The third-order valence-corrected chi connectivity index (χ3v) is 4.74. The van der Waals surface area contributed by atoms with Gasteiger partial charge >= 0.3 is 5.63 Å². The van der Waals surface area contributed by atoms with Gasteiger partial charge in [0.1, 0.15) is 17.0 Å². The predicted octanol–water partition coefficient (Wildman–Crippen LogP) is 3.58. The molecule has 4 rings (SSSR count). The van der Waals surface area contributed by atoms with E-state index in [1.54, 1.807) is 36.4 Å². The minimum Gasteiger partial charge on any atom is -0.422 e. The molecule has 3 aromatic rings. The SMILES string of the molecule is O=C(N[C@H](c1ccc(F)cc1)[C@@H]1CCCO1)c1cc2ccccc2oc1=O. The molecule has 2 atom stereocenters. The van der Waals surface area contributed by atoms with Crippen molar-refractivity contribution in [1.29, 1.82) is 0 Å². The van der Waals surface area contributed by atoms with Gasteiger partial charge in [0.15, 0.2) is 0 Å². The third kappa shape index (κ3) is 3.61. The molecule has 2 aromatic carbocycles. The van der Waals surface area contributed by atoms with Crippen molar-refractivity contribution in [2.75, 3.05) is 6.61 Å². The molecule has 1 saturated heterocycles. The number of fused-ring (bicyclic) bond motifs is 1. The highest BCUT2D eigenvalue weighted by Gasteiger charge is 2.30. The fourth-order valence-corrected chi connectivity index (χ4v) is 3.37. The molecule has 1 aromatic heterocycles. The summed E-state index contributed by atoms with van der Waals surface area (Å²) in [5, 5.41) is 3.53. The summed E-state index contributed by atoms with van der Waals surface area (Å²) in [6.45, 7) is 0.607.